The third-order valence-electron chi connectivity index (χ3n) is 4.70. The summed E-state index contributed by atoms with van der Waals surface area (Å²) in [5.74, 6) is 0.439. The fourth-order valence-electron chi connectivity index (χ4n) is 3.25. The van der Waals surface area contributed by atoms with Crippen molar-refractivity contribution in [3.05, 3.63) is 87.4 Å². The number of thioether (sulfide) groups is 1. The van der Waals surface area contributed by atoms with E-state index in [0.29, 0.717) is 37.8 Å². The second-order valence-corrected chi connectivity index (χ2v) is 9.31. The minimum absolute atomic E-state index is 0.0336. The Bertz CT molecular complexity index is 1140. The highest BCUT2D eigenvalue weighted by Gasteiger charge is 2.36. The Morgan fingerprint density at radius 1 is 0.969 bits per heavy atom. The van der Waals surface area contributed by atoms with Crippen molar-refractivity contribution in [2.45, 2.75) is 5.37 Å². The van der Waals surface area contributed by atoms with E-state index >= 15 is 0 Å². The average Bonchev–Trinajstić information content (AvgIpc) is 3.16. The Balaban J connectivity index is 1.53. The van der Waals surface area contributed by atoms with Crippen molar-refractivity contribution in [2.75, 3.05) is 22.6 Å². The first kappa shape index (κ1) is 22.8. The number of anilines is 2. The van der Waals surface area contributed by atoms with Gasteiger partial charge in [-0.1, -0.05) is 34.8 Å². The zero-order valence-electron chi connectivity index (χ0n) is 16.6. The molecular formula is C23H17Cl3N2O3S. The van der Waals surface area contributed by atoms with E-state index in [-0.39, 0.29) is 23.8 Å². The molecule has 0 saturated carbocycles. The van der Waals surface area contributed by atoms with Gasteiger partial charge in [0.2, 0.25) is 5.91 Å². The Morgan fingerprint density at radius 3 is 2.28 bits per heavy atom. The molecule has 1 aliphatic heterocycles. The summed E-state index contributed by atoms with van der Waals surface area (Å²) in [6, 6.07) is 19.0. The predicted molar refractivity (Wildman–Crippen MR) is 131 cm³/mol. The van der Waals surface area contributed by atoms with E-state index in [1.54, 1.807) is 71.6 Å². The van der Waals surface area contributed by atoms with Gasteiger partial charge in [0.05, 0.1) is 5.75 Å². The molecule has 4 rings (SSSR count). The van der Waals surface area contributed by atoms with Crippen LogP contribution < -0.4 is 15.0 Å². The summed E-state index contributed by atoms with van der Waals surface area (Å²) in [7, 11) is 0. The predicted octanol–water partition coefficient (Wildman–Crippen LogP) is 6.44. The van der Waals surface area contributed by atoms with E-state index in [4.69, 9.17) is 39.5 Å². The lowest BCUT2D eigenvalue weighted by Gasteiger charge is -2.26. The Labute approximate surface area is 204 Å². The lowest BCUT2D eigenvalue weighted by Crippen LogP contribution is -2.28. The zero-order valence-corrected chi connectivity index (χ0v) is 19.6. The Morgan fingerprint density at radius 2 is 1.59 bits per heavy atom. The molecule has 0 aliphatic carbocycles. The first-order valence-corrected chi connectivity index (χ1v) is 11.8. The van der Waals surface area contributed by atoms with Crippen LogP contribution in [0, 0.1) is 0 Å². The molecule has 2 amide bonds. The largest absolute Gasteiger partial charge is 0.483 e. The molecule has 0 radical (unpaired) electrons. The molecule has 1 heterocycles. The number of halogens is 3. The molecule has 9 heteroatoms. The average molecular weight is 508 g/mol. The van der Waals surface area contributed by atoms with Gasteiger partial charge in [-0.3, -0.25) is 14.5 Å². The Kier molecular flexibility index (Phi) is 7.16. The molecule has 0 bridgehead atoms. The van der Waals surface area contributed by atoms with E-state index < -0.39 is 0 Å². The standard InChI is InChI=1S/C23H17Cl3N2O3S/c24-14-1-6-17(7-2-14)27-21(29)12-31-20-10-5-16(26)11-19(20)23-28(22(30)13-32-23)18-8-3-15(25)4-9-18/h1-11,23H,12-13H2,(H,27,29)/t23-/m0/s1. The lowest BCUT2D eigenvalue weighted by molar-refractivity contribution is -0.118. The summed E-state index contributed by atoms with van der Waals surface area (Å²) < 4.78 is 5.83. The number of ether oxygens (including phenoxy) is 1. The van der Waals surface area contributed by atoms with Crippen molar-refractivity contribution in [1.29, 1.82) is 0 Å². The van der Waals surface area contributed by atoms with Crippen LogP contribution in [0.15, 0.2) is 66.7 Å². The summed E-state index contributed by atoms with van der Waals surface area (Å²) in [5, 5.41) is 4.08. The quantitative estimate of drug-likeness (QED) is 0.417. The molecule has 1 aliphatic rings. The van der Waals surface area contributed by atoms with E-state index in [2.05, 4.69) is 5.32 Å². The van der Waals surface area contributed by atoms with Crippen LogP contribution >= 0.6 is 46.6 Å². The third-order valence-corrected chi connectivity index (χ3v) is 6.63. The second kappa shape index (κ2) is 10.0. The maximum Gasteiger partial charge on any atom is 0.262 e. The van der Waals surface area contributed by atoms with Crippen LogP contribution in [0.4, 0.5) is 11.4 Å². The van der Waals surface area contributed by atoms with Gasteiger partial charge >= 0.3 is 0 Å². The number of benzene rings is 3. The molecule has 0 unspecified atom stereocenters. The van der Waals surface area contributed by atoms with Gasteiger partial charge < -0.3 is 10.1 Å². The molecule has 32 heavy (non-hydrogen) atoms. The van der Waals surface area contributed by atoms with Gasteiger partial charge in [-0.15, -0.1) is 11.8 Å². The van der Waals surface area contributed by atoms with Crippen molar-refractivity contribution in [1.82, 2.24) is 0 Å². The van der Waals surface area contributed by atoms with Crippen molar-refractivity contribution >= 4 is 69.8 Å². The van der Waals surface area contributed by atoms with Crippen LogP contribution in [0.3, 0.4) is 0 Å². The molecule has 3 aromatic carbocycles. The SMILES string of the molecule is O=C(COc1ccc(Cl)cc1[C@@H]1SCC(=O)N1c1ccc(Cl)cc1)Nc1ccc(Cl)cc1. The highest BCUT2D eigenvalue weighted by molar-refractivity contribution is 8.00. The summed E-state index contributed by atoms with van der Waals surface area (Å²) in [6.45, 7) is -0.205. The van der Waals surface area contributed by atoms with E-state index in [1.165, 1.54) is 11.8 Å². The normalized spacial score (nSPS) is 15.7. The number of nitrogens with zero attached hydrogens (tertiary/aromatic N) is 1. The van der Waals surface area contributed by atoms with Gasteiger partial charge in [0, 0.05) is 32.0 Å². The van der Waals surface area contributed by atoms with Gasteiger partial charge in [0.15, 0.2) is 6.61 Å². The van der Waals surface area contributed by atoms with Crippen LogP contribution in [-0.4, -0.2) is 24.2 Å². The fourth-order valence-corrected chi connectivity index (χ4v) is 4.88. The maximum atomic E-state index is 12.7. The van der Waals surface area contributed by atoms with Gasteiger partial charge in [-0.05, 0) is 66.7 Å². The first-order valence-electron chi connectivity index (χ1n) is 9.57. The van der Waals surface area contributed by atoms with Crippen molar-refractivity contribution in [3.63, 3.8) is 0 Å². The van der Waals surface area contributed by atoms with Gasteiger partial charge in [-0.2, -0.15) is 0 Å². The molecular weight excluding hydrogens is 491 g/mol. The molecule has 1 N–H and O–H groups in total. The summed E-state index contributed by atoms with van der Waals surface area (Å²) in [4.78, 5) is 26.7. The molecule has 0 spiro atoms. The summed E-state index contributed by atoms with van der Waals surface area (Å²) in [5.41, 5.74) is 2.05. The molecule has 3 aromatic rings. The highest BCUT2D eigenvalue weighted by atomic mass is 35.5. The minimum atomic E-state index is -0.350. The van der Waals surface area contributed by atoms with E-state index in [0.717, 1.165) is 5.69 Å². The monoisotopic (exact) mass is 506 g/mol. The van der Waals surface area contributed by atoms with Crippen molar-refractivity contribution in [2.24, 2.45) is 0 Å². The van der Waals surface area contributed by atoms with Crippen LogP contribution in [0.2, 0.25) is 15.1 Å². The minimum Gasteiger partial charge on any atom is -0.483 e. The number of carbonyl (C=O) groups is 2. The number of amides is 2. The molecule has 1 atom stereocenters. The fraction of sp³-hybridized carbons (Fsp3) is 0.130. The number of nitrogens with one attached hydrogen (secondary N) is 1. The van der Waals surface area contributed by atoms with Crippen molar-refractivity contribution < 1.29 is 14.3 Å². The first-order chi connectivity index (χ1) is 15.4. The van der Waals surface area contributed by atoms with E-state index in [9.17, 15) is 9.59 Å². The second-order valence-electron chi connectivity index (χ2n) is 6.93. The molecule has 1 saturated heterocycles. The van der Waals surface area contributed by atoms with Crippen LogP contribution in [0.1, 0.15) is 10.9 Å². The van der Waals surface area contributed by atoms with Gasteiger partial charge in [0.25, 0.3) is 5.91 Å². The Hall–Kier alpha value is -2.38. The van der Waals surface area contributed by atoms with Crippen LogP contribution in [-0.2, 0) is 9.59 Å². The number of carbonyl (C=O) groups excluding carboxylic acids is 2. The lowest BCUT2D eigenvalue weighted by atomic mass is 10.1. The number of hydrogen-bond donors (Lipinski definition) is 1. The molecule has 164 valence electrons. The summed E-state index contributed by atoms with van der Waals surface area (Å²) in [6.07, 6.45) is 0. The van der Waals surface area contributed by atoms with Crippen LogP contribution in [0.25, 0.3) is 0 Å². The van der Waals surface area contributed by atoms with E-state index in [1.807, 2.05) is 0 Å². The number of rotatable bonds is 6. The highest BCUT2D eigenvalue weighted by Crippen LogP contribution is 2.45. The summed E-state index contributed by atoms with van der Waals surface area (Å²) >= 11 is 19.6. The maximum absolute atomic E-state index is 12.7. The third kappa shape index (κ3) is 5.33. The van der Waals surface area contributed by atoms with Crippen molar-refractivity contribution in [3.8, 4) is 5.75 Å². The van der Waals surface area contributed by atoms with Gasteiger partial charge in [0.1, 0.15) is 11.1 Å². The molecule has 0 aromatic heterocycles. The smallest absolute Gasteiger partial charge is 0.262 e. The topological polar surface area (TPSA) is 58.6 Å². The molecule has 5 nitrogen and oxygen atoms in total. The van der Waals surface area contributed by atoms with Gasteiger partial charge in [-0.25, -0.2) is 0 Å². The zero-order chi connectivity index (χ0) is 22.7. The molecule has 1 fully saturated rings. The van der Waals surface area contributed by atoms with Crippen LogP contribution in [0.5, 0.6) is 5.75 Å². The number of hydrogen-bond acceptors (Lipinski definition) is 4.